The maximum absolute atomic E-state index is 13.9. The van der Waals surface area contributed by atoms with E-state index >= 15 is 0 Å². The Balaban J connectivity index is 0.796. The highest BCUT2D eigenvalue weighted by molar-refractivity contribution is 7.22. The van der Waals surface area contributed by atoms with E-state index in [0.29, 0.717) is 134 Å². The lowest BCUT2D eigenvalue weighted by Crippen LogP contribution is -2.34. The zero-order chi connectivity index (χ0) is 46.6. The molecule has 0 aliphatic carbocycles. The summed E-state index contributed by atoms with van der Waals surface area (Å²) in [7, 11) is 0. The molecule has 0 fully saturated rings. The molecule has 1 heterocycles. The number of amides is 2. The van der Waals surface area contributed by atoms with Crippen LogP contribution >= 0.6 is 11.3 Å². The number of urea groups is 1. The summed E-state index contributed by atoms with van der Waals surface area (Å²) in [6, 6.07) is 25.3. The van der Waals surface area contributed by atoms with Crippen molar-refractivity contribution in [3.63, 3.8) is 0 Å². The maximum atomic E-state index is 13.9. The number of ether oxygens (including phenoxy) is 9. The third-order valence-electron chi connectivity index (χ3n) is 9.71. The number of hydrogen-bond acceptors (Lipinski definition) is 16. The number of rotatable bonds is 35. The molecule has 0 spiro atoms. The number of hydrogen-bond donors (Lipinski definition) is 5. The van der Waals surface area contributed by atoms with Gasteiger partial charge in [0.15, 0.2) is 5.78 Å². The topological polar surface area (TPSA) is 211 Å². The number of anilines is 1. The van der Waals surface area contributed by atoms with Crippen molar-refractivity contribution in [2.45, 2.75) is 6.92 Å². The fourth-order valence-corrected chi connectivity index (χ4v) is 7.56. The smallest absolute Gasteiger partial charge is 0.330 e. The molecule has 5 rings (SSSR count). The molecule has 18 heteroatoms. The number of aromatic hydroxyl groups is 2. The number of nitrogens with two attached hydrogens (primary N) is 1. The quantitative estimate of drug-likeness (QED) is 0.0177. The molecule has 358 valence electrons. The van der Waals surface area contributed by atoms with Crippen LogP contribution in [0.15, 0.2) is 91.0 Å². The van der Waals surface area contributed by atoms with Crippen LogP contribution in [-0.2, 0) is 33.2 Å². The van der Waals surface area contributed by atoms with Gasteiger partial charge in [0.1, 0.15) is 36.2 Å². The van der Waals surface area contributed by atoms with Crippen LogP contribution < -0.4 is 26.1 Å². The van der Waals surface area contributed by atoms with Crippen molar-refractivity contribution >= 4 is 38.9 Å². The molecule has 0 aliphatic heterocycles. The van der Waals surface area contributed by atoms with Crippen LogP contribution in [0.1, 0.15) is 22.8 Å². The van der Waals surface area contributed by atoms with Crippen LogP contribution in [0.25, 0.3) is 20.5 Å². The summed E-state index contributed by atoms with van der Waals surface area (Å²) in [6.07, 6.45) is 0. The number of phenolic OH excluding ortho intramolecular Hbond substituents is 2. The van der Waals surface area contributed by atoms with Crippen LogP contribution in [0.4, 0.5) is 10.5 Å². The van der Waals surface area contributed by atoms with Crippen molar-refractivity contribution in [2.24, 2.45) is 5.73 Å². The number of likely N-dealkylation sites (N-methyl/N-ethyl adjacent to an activating group) is 1. The van der Waals surface area contributed by atoms with Crippen molar-refractivity contribution < 1.29 is 62.4 Å². The molecule has 0 aliphatic rings. The molecule has 0 bridgehead atoms. The molecule has 66 heavy (non-hydrogen) atoms. The van der Waals surface area contributed by atoms with Crippen LogP contribution in [0.3, 0.4) is 0 Å². The van der Waals surface area contributed by atoms with Gasteiger partial charge in [0.05, 0.1) is 98.2 Å². The number of ketones is 1. The molecule has 0 atom stereocenters. The highest BCUT2D eigenvalue weighted by Gasteiger charge is 2.22. The average Bonchev–Trinajstić information content (AvgIpc) is 3.70. The minimum atomic E-state index is -0.681. The molecule has 0 radical (unpaired) electrons. The maximum Gasteiger partial charge on any atom is 0.330 e. The van der Waals surface area contributed by atoms with E-state index in [0.717, 1.165) is 40.2 Å². The third-order valence-corrected chi connectivity index (χ3v) is 10.9. The van der Waals surface area contributed by atoms with Crippen LogP contribution in [0.2, 0.25) is 0 Å². The Bertz CT molecular complexity index is 2160. The summed E-state index contributed by atoms with van der Waals surface area (Å²) in [5, 5.41) is 20.6. The molecule has 4 aromatic carbocycles. The summed E-state index contributed by atoms with van der Waals surface area (Å²) in [5.74, 6) is 1.46. The second-order valence-electron chi connectivity index (χ2n) is 14.4. The first kappa shape index (κ1) is 51.4. The van der Waals surface area contributed by atoms with Gasteiger partial charge >= 0.3 is 6.03 Å². The molecule has 6 N–H and O–H groups in total. The number of carbonyl (C=O) groups excluding carboxylic acids is 2. The van der Waals surface area contributed by atoms with Gasteiger partial charge in [-0.1, -0.05) is 13.0 Å². The van der Waals surface area contributed by atoms with E-state index in [1.54, 1.807) is 78.9 Å². The summed E-state index contributed by atoms with van der Waals surface area (Å²) in [4.78, 5) is 27.7. The molecular weight excluding hydrogens is 873 g/mol. The van der Waals surface area contributed by atoms with Gasteiger partial charge in [-0.05, 0) is 91.0 Å². The Morgan fingerprint density at radius 2 is 1.12 bits per heavy atom. The van der Waals surface area contributed by atoms with E-state index in [4.69, 9.17) is 48.4 Å². The van der Waals surface area contributed by atoms with Crippen molar-refractivity contribution in [2.75, 3.05) is 131 Å². The second kappa shape index (κ2) is 29.9. The van der Waals surface area contributed by atoms with Crippen molar-refractivity contribution in [1.82, 2.24) is 10.3 Å². The number of fused-ring (bicyclic) bond motifs is 1. The Morgan fingerprint density at radius 1 is 0.591 bits per heavy atom. The Kier molecular flexibility index (Phi) is 23.3. The lowest BCUT2D eigenvalue weighted by atomic mass is 9.97. The van der Waals surface area contributed by atoms with Crippen LogP contribution in [-0.4, -0.2) is 152 Å². The van der Waals surface area contributed by atoms with E-state index in [2.05, 4.69) is 22.7 Å². The molecule has 17 nitrogen and oxygen atoms in total. The number of nitrogens with one attached hydrogen (secondary N) is 2. The summed E-state index contributed by atoms with van der Waals surface area (Å²) >= 11 is 1.43. The molecule has 2 amide bonds. The van der Waals surface area contributed by atoms with E-state index in [1.807, 2.05) is 12.1 Å². The zero-order valence-electron chi connectivity index (χ0n) is 37.4. The summed E-state index contributed by atoms with van der Waals surface area (Å²) in [5.41, 5.74) is 12.6. The standard InChI is InChI=1S/C48H62N4O13S/c1-2-52(17-19-64-41-13-8-36(9-14-41)46(55)45-43-15-12-40(54)35-44(43)66-47(45)37-6-10-39(53)11-7-37)16-18-57-20-21-58-22-23-59-24-25-60-26-27-61-28-29-62-30-31-63-32-33-65-42-5-3-4-38(34-42)50-51-48(49)56/h3-15,34-35,50,53-54H,2,16-33H2,1H3,(H3,49,51,56). The monoisotopic (exact) mass is 934 g/mol. The number of hydrazine groups is 1. The first-order chi connectivity index (χ1) is 32.3. The molecule has 0 unspecified atom stereocenters. The van der Waals surface area contributed by atoms with Crippen LogP contribution in [0.5, 0.6) is 23.0 Å². The fourth-order valence-electron chi connectivity index (χ4n) is 6.33. The molecule has 1 aromatic heterocycles. The van der Waals surface area contributed by atoms with Crippen molar-refractivity contribution in [3.05, 3.63) is 102 Å². The molecule has 0 saturated heterocycles. The minimum absolute atomic E-state index is 0.130. The summed E-state index contributed by atoms with van der Waals surface area (Å²) < 4.78 is 51.5. The average molecular weight is 935 g/mol. The van der Waals surface area contributed by atoms with Gasteiger partial charge in [0.25, 0.3) is 0 Å². The predicted molar refractivity (Wildman–Crippen MR) is 252 cm³/mol. The zero-order valence-corrected chi connectivity index (χ0v) is 38.2. The van der Waals surface area contributed by atoms with Gasteiger partial charge in [-0.25, -0.2) is 4.79 Å². The summed E-state index contributed by atoms with van der Waals surface area (Å²) in [6.45, 7) is 11.9. The first-order valence-corrected chi connectivity index (χ1v) is 22.8. The minimum Gasteiger partial charge on any atom is -0.508 e. The van der Waals surface area contributed by atoms with Gasteiger partial charge in [0.2, 0.25) is 0 Å². The van der Waals surface area contributed by atoms with Crippen molar-refractivity contribution in [1.29, 1.82) is 0 Å². The van der Waals surface area contributed by atoms with E-state index < -0.39 is 6.03 Å². The van der Waals surface area contributed by atoms with Gasteiger partial charge in [-0.2, -0.15) is 0 Å². The van der Waals surface area contributed by atoms with E-state index in [9.17, 15) is 19.8 Å². The fraction of sp³-hybridized carbons (Fsp3) is 0.417. The number of primary amides is 1. The normalized spacial score (nSPS) is 11.3. The SMILES string of the molecule is CCN(CCOCCOCCOCCOCCOCCOCCOCCOc1cccc(NNC(N)=O)c1)CCOc1ccc(C(=O)c2c(-c3ccc(O)cc3)sc3cc(O)ccc23)cc1. The highest BCUT2D eigenvalue weighted by atomic mass is 32.1. The van der Waals surface area contributed by atoms with Gasteiger partial charge in [-0.15, -0.1) is 11.3 Å². The van der Waals surface area contributed by atoms with Gasteiger partial charge < -0.3 is 58.6 Å². The lowest BCUT2D eigenvalue weighted by Gasteiger charge is -2.20. The number of phenols is 2. The molecule has 5 aromatic rings. The highest BCUT2D eigenvalue weighted by Crippen LogP contribution is 2.41. The van der Waals surface area contributed by atoms with Crippen molar-refractivity contribution in [3.8, 4) is 33.4 Å². The molecular formula is C48H62N4O13S. The van der Waals surface area contributed by atoms with E-state index in [-0.39, 0.29) is 17.3 Å². The van der Waals surface area contributed by atoms with Crippen LogP contribution in [0, 0.1) is 0 Å². The lowest BCUT2D eigenvalue weighted by molar-refractivity contribution is -0.0217. The number of benzene rings is 4. The third kappa shape index (κ3) is 18.7. The first-order valence-electron chi connectivity index (χ1n) is 21.9. The Hall–Kier alpha value is -5.54. The molecule has 0 saturated carbocycles. The Labute approximate surface area is 389 Å². The van der Waals surface area contributed by atoms with E-state index in [1.165, 1.54) is 11.3 Å². The number of nitrogens with zero attached hydrogens (tertiary/aromatic N) is 1. The largest absolute Gasteiger partial charge is 0.508 e. The number of thiophene rings is 1. The van der Waals surface area contributed by atoms with Gasteiger partial charge in [0, 0.05) is 45.2 Å². The number of carbonyl (C=O) groups is 2. The predicted octanol–water partition coefficient (Wildman–Crippen LogP) is 6.10. The Morgan fingerprint density at radius 3 is 1.70 bits per heavy atom. The second-order valence-corrected chi connectivity index (χ2v) is 15.5. The van der Waals surface area contributed by atoms with Gasteiger partial charge in [-0.3, -0.25) is 20.5 Å².